The molecule has 2 atom stereocenters. The lowest BCUT2D eigenvalue weighted by Crippen LogP contribution is -2.47. The van der Waals surface area contributed by atoms with Gasteiger partial charge in [-0.25, -0.2) is 0 Å². The molecule has 0 amide bonds. The number of hydrogen-bond acceptors (Lipinski definition) is 2. The molecule has 1 rings (SSSR count). The van der Waals surface area contributed by atoms with Gasteiger partial charge < -0.3 is 10.1 Å². The van der Waals surface area contributed by atoms with Crippen molar-refractivity contribution < 1.29 is 4.74 Å². The molecule has 108 valence electrons. The van der Waals surface area contributed by atoms with Crippen LogP contribution in [0.25, 0.3) is 0 Å². The summed E-state index contributed by atoms with van der Waals surface area (Å²) in [6.45, 7) is 11.0. The van der Waals surface area contributed by atoms with Crippen molar-refractivity contribution in [1.82, 2.24) is 5.32 Å². The molecule has 1 N–H and O–H groups in total. The molecular formula is C17H29NO. The first kappa shape index (κ1) is 16.2. The Balaban J connectivity index is 2.92. The van der Waals surface area contributed by atoms with E-state index in [2.05, 4.69) is 58.1 Å². The Morgan fingerprint density at radius 1 is 1.11 bits per heavy atom. The van der Waals surface area contributed by atoms with E-state index in [4.69, 9.17) is 4.74 Å². The van der Waals surface area contributed by atoms with Gasteiger partial charge in [-0.1, -0.05) is 50.1 Å². The molecule has 2 nitrogen and oxygen atoms in total. The maximum absolute atomic E-state index is 5.74. The molecule has 0 saturated heterocycles. The molecule has 0 aliphatic carbocycles. The predicted molar refractivity (Wildman–Crippen MR) is 82.7 cm³/mol. The second-order valence-electron chi connectivity index (χ2n) is 6.62. The number of aryl methyl sites for hydroxylation is 2. The largest absolute Gasteiger partial charge is 0.379 e. The SMILES string of the molecule is CNC(Cc1cc(C)cc(C)c1)C(OC)C(C)(C)C. The standard InChI is InChI=1S/C17H29NO/c1-12-8-13(2)10-14(9-12)11-15(18-6)16(19-7)17(3,4)5/h8-10,15-16,18H,11H2,1-7H3. The molecule has 0 heterocycles. The Bertz CT molecular complexity index is 386. The van der Waals surface area contributed by atoms with Crippen molar-refractivity contribution in [3.8, 4) is 0 Å². The van der Waals surface area contributed by atoms with Crippen LogP contribution in [0.5, 0.6) is 0 Å². The molecule has 0 radical (unpaired) electrons. The average molecular weight is 263 g/mol. The predicted octanol–water partition coefficient (Wildman–Crippen LogP) is 3.50. The maximum atomic E-state index is 5.74. The third-order valence-electron chi connectivity index (χ3n) is 3.58. The first-order valence-electron chi connectivity index (χ1n) is 7.05. The number of benzene rings is 1. The summed E-state index contributed by atoms with van der Waals surface area (Å²) in [5, 5.41) is 3.42. The molecule has 2 unspecified atom stereocenters. The molecule has 0 aromatic heterocycles. The van der Waals surface area contributed by atoms with E-state index in [0.29, 0.717) is 6.04 Å². The zero-order valence-electron chi connectivity index (χ0n) is 13.5. The fourth-order valence-corrected chi connectivity index (χ4v) is 2.92. The van der Waals surface area contributed by atoms with Crippen molar-refractivity contribution in [2.45, 2.75) is 53.2 Å². The van der Waals surface area contributed by atoms with Crippen LogP contribution in [-0.4, -0.2) is 26.3 Å². The summed E-state index contributed by atoms with van der Waals surface area (Å²) in [5.74, 6) is 0. The van der Waals surface area contributed by atoms with Gasteiger partial charge in [0.1, 0.15) is 0 Å². The number of hydrogen-bond donors (Lipinski definition) is 1. The highest BCUT2D eigenvalue weighted by molar-refractivity contribution is 5.29. The van der Waals surface area contributed by atoms with Crippen molar-refractivity contribution in [3.05, 3.63) is 34.9 Å². The van der Waals surface area contributed by atoms with Crippen LogP contribution in [0.3, 0.4) is 0 Å². The van der Waals surface area contributed by atoms with Crippen LogP contribution in [0.2, 0.25) is 0 Å². The van der Waals surface area contributed by atoms with Crippen molar-refractivity contribution in [2.24, 2.45) is 5.41 Å². The van der Waals surface area contributed by atoms with Crippen LogP contribution in [0.15, 0.2) is 18.2 Å². The second-order valence-corrected chi connectivity index (χ2v) is 6.62. The summed E-state index contributed by atoms with van der Waals surface area (Å²) in [6, 6.07) is 7.08. The van der Waals surface area contributed by atoms with Crippen molar-refractivity contribution in [2.75, 3.05) is 14.2 Å². The third-order valence-corrected chi connectivity index (χ3v) is 3.58. The molecule has 0 saturated carbocycles. The normalized spacial score (nSPS) is 15.3. The van der Waals surface area contributed by atoms with Crippen molar-refractivity contribution >= 4 is 0 Å². The molecule has 0 spiro atoms. The van der Waals surface area contributed by atoms with Gasteiger partial charge in [0.05, 0.1) is 6.10 Å². The Kier molecular flexibility index (Phi) is 5.57. The van der Waals surface area contributed by atoms with E-state index >= 15 is 0 Å². The number of rotatable bonds is 5. The molecular weight excluding hydrogens is 234 g/mol. The smallest absolute Gasteiger partial charge is 0.0775 e. The summed E-state index contributed by atoms with van der Waals surface area (Å²) in [7, 11) is 3.83. The van der Waals surface area contributed by atoms with Gasteiger partial charge in [0.2, 0.25) is 0 Å². The topological polar surface area (TPSA) is 21.3 Å². The summed E-state index contributed by atoms with van der Waals surface area (Å²) in [4.78, 5) is 0. The van der Waals surface area contributed by atoms with E-state index in [-0.39, 0.29) is 11.5 Å². The van der Waals surface area contributed by atoms with Gasteiger partial charge in [0, 0.05) is 13.2 Å². The molecule has 2 heteroatoms. The molecule has 0 aliphatic rings. The number of ether oxygens (including phenoxy) is 1. The highest BCUT2D eigenvalue weighted by atomic mass is 16.5. The van der Waals surface area contributed by atoms with Crippen LogP contribution >= 0.6 is 0 Å². The molecule has 1 aromatic carbocycles. The fraction of sp³-hybridized carbons (Fsp3) is 0.647. The summed E-state index contributed by atoms with van der Waals surface area (Å²) < 4.78 is 5.74. The summed E-state index contributed by atoms with van der Waals surface area (Å²) >= 11 is 0. The minimum Gasteiger partial charge on any atom is -0.379 e. The van der Waals surface area contributed by atoms with Crippen LogP contribution in [0.1, 0.15) is 37.5 Å². The van der Waals surface area contributed by atoms with Crippen LogP contribution < -0.4 is 5.32 Å². The van der Waals surface area contributed by atoms with E-state index < -0.39 is 0 Å². The van der Waals surface area contributed by atoms with E-state index in [1.807, 2.05) is 14.2 Å². The molecule has 0 bridgehead atoms. The minimum atomic E-state index is 0.126. The van der Waals surface area contributed by atoms with E-state index in [0.717, 1.165) is 6.42 Å². The lowest BCUT2D eigenvalue weighted by molar-refractivity contribution is -0.00921. The second kappa shape index (κ2) is 6.53. The molecule has 0 fully saturated rings. The van der Waals surface area contributed by atoms with E-state index in [1.165, 1.54) is 16.7 Å². The van der Waals surface area contributed by atoms with Gasteiger partial charge in [-0.3, -0.25) is 0 Å². The van der Waals surface area contributed by atoms with E-state index in [9.17, 15) is 0 Å². The number of nitrogens with one attached hydrogen (secondary N) is 1. The third kappa shape index (κ3) is 4.63. The minimum absolute atomic E-state index is 0.126. The van der Waals surface area contributed by atoms with Crippen LogP contribution in [-0.2, 0) is 11.2 Å². The summed E-state index contributed by atoms with van der Waals surface area (Å²) in [5.41, 5.74) is 4.16. The van der Waals surface area contributed by atoms with Crippen LogP contribution in [0.4, 0.5) is 0 Å². The summed E-state index contributed by atoms with van der Waals surface area (Å²) in [6.07, 6.45) is 1.19. The molecule has 0 aliphatic heterocycles. The highest BCUT2D eigenvalue weighted by Crippen LogP contribution is 2.26. The lowest BCUT2D eigenvalue weighted by Gasteiger charge is -2.36. The Morgan fingerprint density at radius 3 is 2.00 bits per heavy atom. The zero-order chi connectivity index (χ0) is 14.6. The number of likely N-dealkylation sites (N-methyl/N-ethyl adjacent to an activating group) is 1. The molecule has 1 aromatic rings. The first-order valence-corrected chi connectivity index (χ1v) is 7.05. The first-order chi connectivity index (χ1) is 8.77. The van der Waals surface area contributed by atoms with Gasteiger partial charge in [0.15, 0.2) is 0 Å². The van der Waals surface area contributed by atoms with Crippen LogP contribution in [0, 0.1) is 19.3 Å². The lowest BCUT2D eigenvalue weighted by atomic mass is 9.82. The van der Waals surface area contributed by atoms with Gasteiger partial charge >= 0.3 is 0 Å². The van der Waals surface area contributed by atoms with Crippen molar-refractivity contribution in [1.29, 1.82) is 0 Å². The van der Waals surface area contributed by atoms with Gasteiger partial charge in [0.25, 0.3) is 0 Å². The Morgan fingerprint density at radius 2 is 1.63 bits per heavy atom. The Labute approximate surface area is 118 Å². The fourth-order valence-electron chi connectivity index (χ4n) is 2.92. The van der Waals surface area contributed by atoms with Gasteiger partial charge in [-0.05, 0) is 38.3 Å². The van der Waals surface area contributed by atoms with Gasteiger partial charge in [-0.15, -0.1) is 0 Å². The number of methoxy groups -OCH3 is 1. The molecule has 19 heavy (non-hydrogen) atoms. The quantitative estimate of drug-likeness (QED) is 0.878. The van der Waals surface area contributed by atoms with Crippen molar-refractivity contribution in [3.63, 3.8) is 0 Å². The zero-order valence-corrected chi connectivity index (χ0v) is 13.5. The highest BCUT2D eigenvalue weighted by Gasteiger charge is 2.31. The van der Waals surface area contributed by atoms with E-state index in [1.54, 1.807) is 0 Å². The maximum Gasteiger partial charge on any atom is 0.0775 e. The monoisotopic (exact) mass is 263 g/mol. The average Bonchev–Trinajstić information content (AvgIpc) is 2.25. The Hall–Kier alpha value is -0.860. The van der Waals surface area contributed by atoms with Gasteiger partial charge in [-0.2, -0.15) is 0 Å².